The van der Waals surface area contributed by atoms with Crippen LogP contribution in [0.25, 0.3) is 0 Å². The Labute approximate surface area is 154 Å². The fraction of sp³-hybridized carbons (Fsp3) is 0.727. The molecule has 140 valence electrons. The SMILES string of the molecule is Oc1cccc([C@@H]2CCC[C@]3(C2)OO[C@]2(O3)C3CC4CC2C[C@@H](C4)C3)c1. The fourth-order valence-electron chi connectivity index (χ4n) is 7.04. The molecule has 1 N–H and O–H groups in total. The molecule has 1 aliphatic heterocycles. The van der Waals surface area contributed by atoms with E-state index in [9.17, 15) is 5.11 Å². The van der Waals surface area contributed by atoms with Crippen LogP contribution >= 0.6 is 0 Å². The number of phenols is 1. The highest BCUT2D eigenvalue weighted by molar-refractivity contribution is 5.30. The summed E-state index contributed by atoms with van der Waals surface area (Å²) in [6, 6.07) is 7.66. The van der Waals surface area contributed by atoms with Crippen LogP contribution in [0.5, 0.6) is 5.75 Å². The molecule has 0 aromatic heterocycles. The highest BCUT2D eigenvalue weighted by Gasteiger charge is 2.66. The number of aromatic hydroxyl groups is 1. The van der Waals surface area contributed by atoms with Crippen LogP contribution in [-0.2, 0) is 14.5 Å². The summed E-state index contributed by atoms with van der Waals surface area (Å²) in [7, 11) is 0. The van der Waals surface area contributed by atoms with E-state index in [1.165, 1.54) is 37.7 Å². The second kappa shape index (κ2) is 5.46. The summed E-state index contributed by atoms with van der Waals surface area (Å²) in [6.45, 7) is 0. The molecule has 0 unspecified atom stereocenters. The van der Waals surface area contributed by atoms with Gasteiger partial charge in [0.05, 0.1) is 0 Å². The number of benzene rings is 1. The Hall–Kier alpha value is -1.10. The first kappa shape index (κ1) is 15.9. The Morgan fingerprint density at radius 3 is 2.46 bits per heavy atom. The van der Waals surface area contributed by atoms with Gasteiger partial charge >= 0.3 is 0 Å². The summed E-state index contributed by atoms with van der Waals surface area (Å²) in [5.74, 6) is 2.42. The largest absolute Gasteiger partial charge is 0.508 e. The third-order valence-electron chi connectivity index (χ3n) is 7.95. The van der Waals surface area contributed by atoms with Gasteiger partial charge in [-0.3, -0.25) is 0 Å². The van der Waals surface area contributed by atoms with Gasteiger partial charge in [0, 0.05) is 24.7 Å². The van der Waals surface area contributed by atoms with E-state index >= 15 is 0 Å². The lowest BCUT2D eigenvalue weighted by Gasteiger charge is -2.57. The second-order valence-electron chi connectivity index (χ2n) is 9.59. The molecule has 26 heavy (non-hydrogen) atoms. The molecule has 5 saturated carbocycles. The van der Waals surface area contributed by atoms with Gasteiger partial charge in [0.2, 0.25) is 11.6 Å². The Bertz CT molecular complexity index is 688. The zero-order valence-electron chi connectivity index (χ0n) is 15.2. The molecular weight excluding hydrogens is 328 g/mol. The van der Waals surface area contributed by atoms with Crippen LogP contribution in [0.15, 0.2) is 24.3 Å². The van der Waals surface area contributed by atoms with E-state index in [0.29, 0.717) is 23.5 Å². The van der Waals surface area contributed by atoms with Crippen molar-refractivity contribution in [1.82, 2.24) is 0 Å². The lowest BCUT2D eigenvalue weighted by atomic mass is 9.53. The van der Waals surface area contributed by atoms with Gasteiger partial charge in [0.1, 0.15) is 5.75 Å². The molecule has 0 amide bonds. The molecule has 2 atom stereocenters. The van der Waals surface area contributed by atoms with Crippen LogP contribution in [0.4, 0.5) is 0 Å². The van der Waals surface area contributed by atoms with E-state index in [-0.39, 0.29) is 0 Å². The van der Waals surface area contributed by atoms with Crippen molar-refractivity contribution in [3.05, 3.63) is 29.8 Å². The summed E-state index contributed by atoms with van der Waals surface area (Å²) in [6.07, 6.45) is 10.4. The van der Waals surface area contributed by atoms with E-state index in [0.717, 1.165) is 37.5 Å². The predicted molar refractivity (Wildman–Crippen MR) is 95.1 cm³/mol. The van der Waals surface area contributed by atoms with Crippen LogP contribution in [0.2, 0.25) is 0 Å². The quantitative estimate of drug-likeness (QED) is 0.729. The van der Waals surface area contributed by atoms with Gasteiger partial charge in [0.25, 0.3) is 0 Å². The van der Waals surface area contributed by atoms with Crippen molar-refractivity contribution >= 4 is 0 Å². The first-order chi connectivity index (χ1) is 12.6. The van der Waals surface area contributed by atoms with Crippen molar-refractivity contribution in [2.75, 3.05) is 0 Å². The Morgan fingerprint density at radius 1 is 0.962 bits per heavy atom. The van der Waals surface area contributed by atoms with Crippen molar-refractivity contribution in [1.29, 1.82) is 0 Å². The van der Waals surface area contributed by atoms with Gasteiger partial charge in [0.15, 0.2) is 0 Å². The maximum Gasteiger partial charge on any atom is 0.210 e. The molecule has 2 spiro atoms. The maximum atomic E-state index is 9.85. The molecule has 7 rings (SSSR count). The number of rotatable bonds is 1. The summed E-state index contributed by atoms with van der Waals surface area (Å²) in [5.41, 5.74) is 1.18. The molecule has 1 heterocycles. The summed E-state index contributed by atoms with van der Waals surface area (Å²) in [5, 5.41) is 9.85. The van der Waals surface area contributed by atoms with Crippen molar-refractivity contribution in [3.63, 3.8) is 0 Å². The van der Waals surface area contributed by atoms with Crippen LogP contribution < -0.4 is 0 Å². The summed E-state index contributed by atoms with van der Waals surface area (Å²) >= 11 is 0. The highest BCUT2D eigenvalue weighted by Crippen LogP contribution is 2.64. The summed E-state index contributed by atoms with van der Waals surface area (Å²) < 4.78 is 6.83. The normalized spacial score (nSPS) is 49.3. The van der Waals surface area contributed by atoms with Crippen molar-refractivity contribution in [3.8, 4) is 5.75 Å². The number of ether oxygens (including phenoxy) is 1. The minimum Gasteiger partial charge on any atom is -0.508 e. The van der Waals surface area contributed by atoms with Crippen molar-refractivity contribution < 1.29 is 19.6 Å². The number of hydrogen-bond donors (Lipinski definition) is 1. The molecule has 4 bridgehead atoms. The van der Waals surface area contributed by atoms with Gasteiger partial charge in [-0.1, -0.05) is 12.1 Å². The van der Waals surface area contributed by atoms with Crippen LogP contribution in [0.3, 0.4) is 0 Å². The van der Waals surface area contributed by atoms with Gasteiger partial charge in [-0.25, -0.2) is 0 Å². The van der Waals surface area contributed by atoms with Gasteiger partial charge in [-0.05, 0) is 80.4 Å². The molecule has 1 aromatic rings. The van der Waals surface area contributed by atoms with Gasteiger partial charge < -0.3 is 9.84 Å². The lowest BCUT2D eigenvalue weighted by molar-refractivity contribution is -0.390. The minimum absolute atomic E-state index is 0.337. The molecule has 5 aliphatic carbocycles. The third kappa shape index (κ3) is 2.25. The van der Waals surface area contributed by atoms with Gasteiger partial charge in [-0.2, -0.15) is 9.78 Å². The monoisotopic (exact) mass is 356 g/mol. The van der Waals surface area contributed by atoms with Gasteiger partial charge in [-0.15, -0.1) is 0 Å². The molecular formula is C22H28O4. The first-order valence-electron chi connectivity index (χ1n) is 10.5. The molecule has 4 nitrogen and oxygen atoms in total. The van der Waals surface area contributed by atoms with Crippen LogP contribution in [0.1, 0.15) is 69.3 Å². The van der Waals surface area contributed by atoms with Crippen LogP contribution in [0, 0.1) is 23.7 Å². The Morgan fingerprint density at radius 2 is 1.73 bits per heavy atom. The van der Waals surface area contributed by atoms with Crippen LogP contribution in [-0.4, -0.2) is 16.7 Å². The smallest absolute Gasteiger partial charge is 0.210 e. The molecule has 4 heteroatoms. The van der Waals surface area contributed by atoms with Crippen molar-refractivity contribution in [2.24, 2.45) is 23.7 Å². The highest BCUT2D eigenvalue weighted by atomic mass is 17.3. The standard InChI is InChI=1S/C22H28O4/c23-20-5-1-3-16(12-20)17-4-2-6-21(13-17)24-22(26-25-21)18-8-14-7-15(10-18)11-19(22)9-14/h1,3,5,12,14-15,17-19,23H,2,4,6-11,13H2/t14-,15?,17-,18?,19?,21-,22+/m1/s1. The molecule has 1 saturated heterocycles. The van der Waals surface area contributed by atoms with E-state index < -0.39 is 11.6 Å². The Balaban J connectivity index is 1.26. The predicted octanol–water partition coefficient (Wildman–Crippen LogP) is 4.88. The zero-order chi connectivity index (χ0) is 17.4. The zero-order valence-corrected chi connectivity index (χ0v) is 15.2. The maximum absolute atomic E-state index is 9.85. The second-order valence-corrected chi connectivity index (χ2v) is 9.59. The van der Waals surface area contributed by atoms with E-state index in [4.69, 9.17) is 14.5 Å². The van der Waals surface area contributed by atoms with E-state index in [2.05, 4.69) is 6.07 Å². The minimum atomic E-state index is -0.594. The van der Waals surface area contributed by atoms with Crippen molar-refractivity contribution in [2.45, 2.75) is 75.3 Å². The lowest BCUT2D eigenvalue weighted by Crippen LogP contribution is -2.59. The Kier molecular flexibility index (Phi) is 3.34. The average Bonchev–Trinajstić information content (AvgIpc) is 2.99. The fourth-order valence-corrected chi connectivity index (χ4v) is 7.04. The first-order valence-corrected chi connectivity index (χ1v) is 10.5. The third-order valence-corrected chi connectivity index (χ3v) is 7.95. The number of hydrogen-bond acceptors (Lipinski definition) is 4. The molecule has 6 fully saturated rings. The molecule has 1 aromatic carbocycles. The average molecular weight is 356 g/mol. The molecule has 6 aliphatic rings. The molecule has 0 radical (unpaired) electrons. The van der Waals surface area contributed by atoms with E-state index in [1.807, 2.05) is 12.1 Å². The number of phenolic OH excluding ortho intramolecular Hbond substituents is 1. The topological polar surface area (TPSA) is 47.9 Å². The van der Waals surface area contributed by atoms with E-state index in [1.54, 1.807) is 6.07 Å². The summed E-state index contributed by atoms with van der Waals surface area (Å²) in [4.78, 5) is 12.2.